The van der Waals surface area contributed by atoms with Gasteiger partial charge in [0, 0.05) is 26.2 Å². The van der Waals surface area contributed by atoms with E-state index in [9.17, 15) is 12.8 Å². The lowest BCUT2D eigenvalue weighted by molar-refractivity contribution is 0.260. The zero-order valence-corrected chi connectivity index (χ0v) is 15.3. The third-order valence-electron chi connectivity index (χ3n) is 4.43. The molecule has 0 saturated heterocycles. The fraction of sp³-hybridized carbons (Fsp3) is 0.471. The number of fused-ring (bicyclic) bond motifs is 1. The molecule has 0 atom stereocenters. The number of sulfonamides is 1. The van der Waals surface area contributed by atoms with Gasteiger partial charge in [0.05, 0.1) is 24.2 Å². The predicted molar refractivity (Wildman–Crippen MR) is 93.8 cm³/mol. The predicted octanol–water partition coefficient (Wildman–Crippen LogP) is 1.79. The first kappa shape index (κ1) is 18.0. The Balaban J connectivity index is 1.72. The summed E-state index contributed by atoms with van der Waals surface area (Å²) < 4.78 is 40.6. The third kappa shape index (κ3) is 4.65. The molecule has 1 aromatic carbocycles. The summed E-state index contributed by atoms with van der Waals surface area (Å²) in [5.74, 6) is -0.175. The van der Waals surface area contributed by atoms with Crippen LogP contribution < -0.4 is 4.72 Å². The van der Waals surface area contributed by atoms with E-state index in [-0.39, 0.29) is 12.4 Å². The Hall–Kier alpha value is -1.77. The maximum absolute atomic E-state index is 13.7. The van der Waals surface area contributed by atoms with E-state index in [4.69, 9.17) is 0 Å². The first-order chi connectivity index (χ1) is 11.8. The van der Waals surface area contributed by atoms with Crippen LogP contribution in [-0.2, 0) is 36.2 Å². The van der Waals surface area contributed by atoms with Crippen molar-refractivity contribution in [2.24, 2.45) is 0 Å². The normalized spacial score (nSPS) is 15.8. The molecule has 0 bridgehead atoms. The Labute approximate surface area is 147 Å². The summed E-state index contributed by atoms with van der Waals surface area (Å²) in [7, 11) is -3.24. The fourth-order valence-corrected chi connectivity index (χ4v) is 3.49. The summed E-state index contributed by atoms with van der Waals surface area (Å²) in [5.41, 5.74) is 3.45. The van der Waals surface area contributed by atoms with Crippen molar-refractivity contribution in [1.29, 1.82) is 0 Å². The zero-order valence-electron chi connectivity index (χ0n) is 14.5. The molecule has 3 rings (SSSR count). The van der Waals surface area contributed by atoms with Crippen LogP contribution in [0.15, 0.2) is 24.3 Å². The average Bonchev–Trinajstić information content (AvgIpc) is 2.82. The standard InChI is InChI=1S/C17H23FN4O2S/c1-13-14(5-3-6-17(13)18)11-21-7-4-8-22-16(12-21)9-15(20-22)10-19-25(2,23)24/h3,5-6,9,19H,4,7-8,10-12H2,1-2H3. The maximum atomic E-state index is 13.7. The summed E-state index contributed by atoms with van der Waals surface area (Å²) in [6, 6.07) is 7.13. The summed E-state index contributed by atoms with van der Waals surface area (Å²) in [4.78, 5) is 2.27. The molecule has 0 amide bonds. The van der Waals surface area contributed by atoms with E-state index in [1.807, 2.05) is 23.7 Å². The summed E-state index contributed by atoms with van der Waals surface area (Å²) >= 11 is 0. The summed E-state index contributed by atoms with van der Waals surface area (Å²) in [6.45, 7) is 5.11. The first-order valence-electron chi connectivity index (χ1n) is 8.28. The molecule has 1 aromatic heterocycles. The molecular weight excluding hydrogens is 343 g/mol. The quantitative estimate of drug-likeness (QED) is 0.876. The molecule has 0 radical (unpaired) electrons. The van der Waals surface area contributed by atoms with Gasteiger partial charge in [0.1, 0.15) is 5.82 Å². The number of aromatic nitrogens is 2. The van der Waals surface area contributed by atoms with Gasteiger partial charge >= 0.3 is 0 Å². The van der Waals surface area contributed by atoms with Gasteiger partial charge in [-0.05, 0) is 36.6 Å². The topological polar surface area (TPSA) is 67.2 Å². The highest BCUT2D eigenvalue weighted by molar-refractivity contribution is 7.88. The van der Waals surface area contributed by atoms with Crippen molar-refractivity contribution in [3.8, 4) is 0 Å². The van der Waals surface area contributed by atoms with Crippen molar-refractivity contribution < 1.29 is 12.8 Å². The van der Waals surface area contributed by atoms with Crippen molar-refractivity contribution >= 4 is 10.0 Å². The minimum Gasteiger partial charge on any atom is -0.293 e. The highest BCUT2D eigenvalue weighted by Gasteiger charge is 2.18. The monoisotopic (exact) mass is 366 g/mol. The smallest absolute Gasteiger partial charge is 0.209 e. The first-order valence-corrected chi connectivity index (χ1v) is 10.2. The van der Waals surface area contributed by atoms with Crippen LogP contribution in [0, 0.1) is 12.7 Å². The van der Waals surface area contributed by atoms with Crippen LogP contribution in [-0.4, -0.2) is 35.9 Å². The number of hydrogen-bond donors (Lipinski definition) is 1. The largest absolute Gasteiger partial charge is 0.293 e. The van der Waals surface area contributed by atoms with Gasteiger partial charge in [-0.3, -0.25) is 9.58 Å². The minimum atomic E-state index is -3.24. The number of benzene rings is 1. The van der Waals surface area contributed by atoms with Gasteiger partial charge in [-0.1, -0.05) is 12.1 Å². The molecule has 8 heteroatoms. The Bertz CT molecular complexity index is 864. The molecule has 1 N–H and O–H groups in total. The third-order valence-corrected chi connectivity index (χ3v) is 5.10. The molecule has 136 valence electrons. The lowest BCUT2D eigenvalue weighted by Gasteiger charge is -2.20. The minimum absolute atomic E-state index is 0.175. The van der Waals surface area contributed by atoms with Crippen LogP contribution in [0.5, 0.6) is 0 Å². The summed E-state index contributed by atoms with van der Waals surface area (Å²) in [6.07, 6.45) is 2.08. The van der Waals surface area contributed by atoms with Gasteiger partial charge in [0.15, 0.2) is 0 Å². The number of rotatable bonds is 5. The second-order valence-electron chi connectivity index (χ2n) is 6.53. The van der Waals surface area contributed by atoms with Crippen molar-refractivity contribution in [3.05, 3.63) is 52.6 Å². The SMILES string of the molecule is Cc1c(F)cccc1CN1CCCn2nc(CNS(C)(=O)=O)cc2C1. The highest BCUT2D eigenvalue weighted by atomic mass is 32.2. The van der Waals surface area contributed by atoms with Gasteiger partial charge in [0.2, 0.25) is 10.0 Å². The van der Waals surface area contributed by atoms with Gasteiger partial charge in [-0.2, -0.15) is 5.10 Å². The van der Waals surface area contributed by atoms with Crippen molar-refractivity contribution in [2.75, 3.05) is 12.8 Å². The highest BCUT2D eigenvalue weighted by Crippen LogP contribution is 2.19. The van der Waals surface area contributed by atoms with E-state index in [1.165, 1.54) is 6.07 Å². The molecule has 2 heterocycles. The number of aryl methyl sites for hydroxylation is 1. The number of nitrogens with zero attached hydrogens (tertiary/aromatic N) is 3. The van der Waals surface area contributed by atoms with Crippen molar-refractivity contribution in [2.45, 2.75) is 39.5 Å². The van der Waals surface area contributed by atoms with E-state index in [2.05, 4.69) is 14.7 Å². The van der Waals surface area contributed by atoms with Gasteiger partial charge < -0.3 is 0 Å². The lowest BCUT2D eigenvalue weighted by atomic mass is 10.1. The van der Waals surface area contributed by atoms with E-state index >= 15 is 0 Å². The molecule has 0 spiro atoms. The van der Waals surface area contributed by atoms with Gasteiger partial charge in [-0.25, -0.2) is 17.5 Å². The van der Waals surface area contributed by atoms with E-state index in [1.54, 1.807) is 6.07 Å². The molecule has 1 aliphatic heterocycles. The van der Waals surface area contributed by atoms with Crippen molar-refractivity contribution in [1.82, 2.24) is 19.4 Å². The van der Waals surface area contributed by atoms with Crippen LogP contribution in [0.3, 0.4) is 0 Å². The molecule has 6 nitrogen and oxygen atoms in total. The van der Waals surface area contributed by atoms with E-state index in [0.29, 0.717) is 24.3 Å². The summed E-state index contributed by atoms with van der Waals surface area (Å²) in [5, 5.41) is 4.49. The van der Waals surface area contributed by atoms with Gasteiger partial charge in [-0.15, -0.1) is 0 Å². The van der Waals surface area contributed by atoms with Crippen LogP contribution >= 0.6 is 0 Å². The Morgan fingerprint density at radius 1 is 1.32 bits per heavy atom. The zero-order chi connectivity index (χ0) is 18.0. The van der Waals surface area contributed by atoms with Crippen LogP contribution in [0.4, 0.5) is 4.39 Å². The second kappa shape index (κ2) is 7.23. The average molecular weight is 366 g/mol. The Morgan fingerprint density at radius 2 is 2.12 bits per heavy atom. The van der Waals surface area contributed by atoms with Crippen molar-refractivity contribution in [3.63, 3.8) is 0 Å². The molecule has 0 aliphatic carbocycles. The fourth-order valence-electron chi connectivity index (χ4n) is 3.08. The molecule has 25 heavy (non-hydrogen) atoms. The Kier molecular flexibility index (Phi) is 5.21. The molecular formula is C17H23FN4O2S. The Morgan fingerprint density at radius 3 is 2.88 bits per heavy atom. The molecule has 1 aliphatic rings. The molecule has 2 aromatic rings. The van der Waals surface area contributed by atoms with Crippen LogP contribution in [0.2, 0.25) is 0 Å². The van der Waals surface area contributed by atoms with E-state index in [0.717, 1.165) is 37.0 Å². The molecule has 0 unspecified atom stereocenters. The van der Waals surface area contributed by atoms with Gasteiger partial charge in [0.25, 0.3) is 0 Å². The molecule has 0 fully saturated rings. The number of hydrogen-bond acceptors (Lipinski definition) is 4. The van der Waals surface area contributed by atoms with Crippen LogP contribution in [0.1, 0.15) is 28.9 Å². The maximum Gasteiger partial charge on any atom is 0.209 e. The number of halogens is 1. The van der Waals surface area contributed by atoms with Crippen LogP contribution in [0.25, 0.3) is 0 Å². The number of nitrogens with one attached hydrogen (secondary N) is 1. The molecule has 0 saturated carbocycles. The van der Waals surface area contributed by atoms with E-state index < -0.39 is 10.0 Å². The second-order valence-corrected chi connectivity index (χ2v) is 8.36. The lowest BCUT2D eigenvalue weighted by Crippen LogP contribution is -2.23.